The molecule has 3 N–H and O–H groups in total. The first kappa shape index (κ1) is 25.8. The number of hydrogen-bond donors (Lipinski definition) is 2. The third-order valence-electron chi connectivity index (χ3n) is 5.73. The van der Waals surface area contributed by atoms with Gasteiger partial charge in [-0.2, -0.15) is 0 Å². The Kier molecular flexibility index (Phi) is 9.01. The molecule has 0 aliphatic carbocycles. The van der Waals surface area contributed by atoms with Crippen LogP contribution in [0.1, 0.15) is 44.6 Å². The van der Waals surface area contributed by atoms with Crippen LogP contribution >= 0.6 is 23.2 Å². The van der Waals surface area contributed by atoms with Crippen molar-refractivity contribution in [2.75, 3.05) is 32.6 Å². The van der Waals surface area contributed by atoms with Gasteiger partial charge in [0.05, 0.1) is 38.1 Å². The van der Waals surface area contributed by atoms with Crippen molar-refractivity contribution < 1.29 is 22.5 Å². The average molecular weight is 501 g/mol. The molecule has 2 rings (SSSR count). The van der Waals surface area contributed by atoms with Crippen LogP contribution in [0.5, 0.6) is 5.75 Å². The molecular formula is C19H30Cl2N2O5S2. The topological polar surface area (TPSA) is 110 Å². The molecule has 0 amide bonds. The van der Waals surface area contributed by atoms with Crippen molar-refractivity contribution in [3.8, 4) is 5.75 Å². The molecule has 1 aliphatic heterocycles. The van der Waals surface area contributed by atoms with Gasteiger partial charge in [0.1, 0.15) is 5.75 Å². The third kappa shape index (κ3) is 6.31. The summed E-state index contributed by atoms with van der Waals surface area (Å²) in [6.07, 6.45) is 1.65. The summed E-state index contributed by atoms with van der Waals surface area (Å²) in [5.74, 6) is -0.177. The normalized spacial score (nSPS) is 19.0. The molecule has 0 radical (unpaired) electrons. The molecule has 1 aromatic rings. The SMILES string of the molecule is COCCS(=O)(=O)N1CCC([C@@H](CC(C)(C)S(N)=O)c2cc(Cl)c(Cl)cc2O)CC1. The lowest BCUT2D eigenvalue weighted by molar-refractivity contribution is 0.208. The molecule has 1 saturated heterocycles. The van der Waals surface area contributed by atoms with E-state index in [0.29, 0.717) is 42.9 Å². The van der Waals surface area contributed by atoms with Crippen molar-refractivity contribution in [3.05, 3.63) is 27.7 Å². The van der Waals surface area contributed by atoms with E-state index in [1.165, 1.54) is 17.5 Å². The molecule has 1 aliphatic rings. The van der Waals surface area contributed by atoms with Crippen LogP contribution in [0.3, 0.4) is 0 Å². The lowest BCUT2D eigenvalue weighted by atomic mass is 9.75. The van der Waals surface area contributed by atoms with Crippen LogP contribution in [0.2, 0.25) is 10.0 Å². The van der Waals surface area contributed by atoms with Gasteiger partial charge in [-0.05, 0) is 56.6 Å². The van der Waals surface area contributed by atoms with E-state index in [4.69, 9.17) is 33.1 Å². The van der Waals surface area contributed by atoms with Crippen molar-refractivity contribution in [2.24, 2.45) is 11.1 Å². The first-order valence-corrected chi connectivity index (χ1v) is 13.3. The van der Waals surface area contributed by atoms with Crippen LogP contribution in [0.4, 0.5) is 0 Å². The number of hydrogen-bond acceptors (Lipinski definition) is 5. The number of aromatic hydroxyl groups is 1. The van der Waals surface area contributed by atoms with E-state index < -0.39 is 25.8 Å². The Morgan fingerprint density at radius 1 is 1.30 bits per heavy atom. The van der Waals surface area contributed by atoms with Crippen LogP contribution < -0.4 is 5.14 Å². The molecule has 1 aromatic carbocycles. The molecule has 0 saturated carbocycles. The van der Waals surface area contributed by atoms with Crippen molar-refractivity contribution >= 4 is 44.2 Å². The zero-order valence-electron chi connectivity index (χ0n) is 17.4. The first-order valence-electron chi connectivity index (χ1n) is 9.70. The van der Waals surface area contributed by atoms with E-state index in [1.807, 2.05) is 13.8 Å². The van der Waals surface area contributed by atoms with Gasteiger partial charge in [0.25, 0.3) is 0 Å². The van der Waals surface area contributed by atoms with Gasteiger partial charge in [-0.15, -0.1) is 0 Å². The van der Waals surface area contributed by atoms with Crippen LogP contribution in [0, 0.1) is 5.92 Å². The Morgan fingerprint density at radius 3 is 2.40 bits per heavy atom. The van der Waals surface area contributed by atoms with Gasteiger partial charge >= 0.3 is 0 Å². The fourth-order valence-electron chi connectivity index (χ4n) is 3.87. The maximum absolute atomic E-state index is 12.5. The minimum Gasteiger partial charge on any atom is -0.508 e. The molecule has 0 spiro atoms. The highest BCUT2D eigenvalue weighted by molar-refractivity contribution is 7.89. The van der Waals surface area contributed by atoms with Crippen LogP contribution in [0.25, 0.3) is 0 Å². The van der Waals surface area contributed by atoms with Crippen LogP contribution in [-0.2, 0) is 25.7 Å². The molecule has 1 unspecified atom stereocenters. The number of phenols is 1. The number of halogens is 2. The van der Waals surface area contributed by atoms with E-state index in [-0.39, 0.29) is 35.0 Å². The van der Waals surface area contributed by atoms with E-state index in [1.54, 1.807) is 6.07 Å². The van der Waals surface area contributed by atoms with Crippen LogP contribution in [-0.4, -0.2) is 59.3 Å². The summed E-state index contributed by atoms with van der Waals surface area (Å²) in [7, 11) is -3.48. The molecule has 2 atom stereocenters. The Labute approximate surface area is 191 Å². The third-order valence-corrected chi connectivity index (χ3v) is 9.54. The Hall–Kier alpha value is -0.420. The largest absolute Gasteiger partial charge is 0.508 e. The van der Waals surface area contributed by atoms with E-state index in [0.717, 1.165) is 0 Å². The van der Waals surface area contributed by atoms with Crippen molar-refractivity contribution in [1.82, 2.24) is 4.31 Å². The quantitative estimate of drug-likeness (QED) is 0.540. The lowest BCUT2D eigenvalue weighted by Gasteiger charge is -2.38. The molecule has 0 bridgehead atoms. The van der Waals surface area contributed by atoms with Crippen LogP contribution in [0.15, 0.2) is 12.1 Å². The minimum absolute atomic E-state index is 0.0168. The Morgan fingerprint density at radius 2 is 1.87 bits per heavy atom. The predicted molar refractivity (Wildman–Crippen MR) is 122 cm³/mol. The molecular weight excluding hydrogens is 471 g/mol. The van der Waals surface area contributed by atoms with Crippen molar-refractivity contribution in [2.45, 2.75) is 43.8 Å². The standard InChI is InChI=1S/C19H30Cl2N2O5S2/c1-19(2,29(22)25)12-15(14-10-16(20)17(21)11-18(14)24)13-4-6-23(7-5-13)30(26,27)9-8-28-3/h10-11,13,15,24H,4-9,12,22H2,1-3H3/t15-,29?/m1/s1. The fraction of sp³-hybridized carbons (Fsp3) is 0.684. The average Bonchev–Trinajstić information content (AvgIpc) is 2.67. The first-order chi connectivity index (χ1) is 13.9. The molecule has 30 heavy (non-hydrogen) atoms. The zero-order chi connectivity index (χ0) is 22.7. The highest BCUT2D eigenvalue weighted by Crippen LogP contribution is 2.44. The van der Waals surface area contributed by atoms with Gasteiger partial charge in [-0.25, -0.2) is 16.9 Å². The summed E-state index contributed by atoms with van der Waals surface area (Å²) in [5, 5.41) is 16.8. The summed E-state index contributed by atoms with van der Waals surface area (Å²) in [5.41, 5.74) is 0.614. The van der Waals surface area contributed by atoms with E-state index in [9.17, 15) is 17.7 Å². The summed E-state index contributed by atoms with van der Waals surface area (Å²) < 4.78 is 42.7. The summed E-state index contributed by atoms with van der Waals surface area (Å²) in [4.78, 5) is 0. The van der Waals surface area contributed by atoms with Gasteiger partial charge in [-0.3, -0.25) is 5.14 Å². The number of nitrogens with two attached hydrogens (primary N) is 1. The second kappa shape index (κ2) is 10.5. The van der Waals surface area contributed by atoms with Gasteiger partial charge < -0.3 is 9.84 Å². The smallest absolute Gasteiger partial charge is 0.216 e. The highest BCUT2D eigenvalue weighted by Gasteiger charge is 2.37. The number of sulfonamides is 1. The van der Waals surface area contributed by atoms with E-state index in [2.05, 4.69) is 0 Å². The molecule has 0 aromatic heterocycles. The number of piperidine rings is 1. The number of phenolic OH excluding ortho intramolecular Hbond substituents is 1. The van der Waals surface area contributed by atoms with Crippen molar-refractivity contribution in [3.63, 3.8) is 0 Å². The number of nitrogens with zero attached hydrogens (tertiary/aromatic N) is 1. The van der Waals surface area contributed by atoms with Crippen molar-refractivity contribution in [1.29, 1.82) is 0 Å². The van der Waals surface area contributed by atoms with E-state index >= 15 is 0 Å². The number of methoxy groups -OCH3 is 1. The fourth-order valence-corrected chi connectivity index (χ4v) is 5.94. The molecule has 1 fully saturated rings. The highest BCUT2D eigenvalue weighted by atomic mass is 35.5. The molecule has 1 heterocycles. The monoisotopic (exact) mass is 500 g/mol. The minimum atomic E-state index is -3.38. The van der Waals surface area contributed by atoms with Gasteiger partial charge in [0, 0.05) is 26.3 Å². The lowest BCUT2D eigenvalue weighted by Crippen LogP contribution is -2.42. The zero-order valence-corrected chi connectivity index (χ0v) is 20.6. The maximum Gasteiger partial charge on any atom is 0.216 e. The number of ether oxygens (including phenoxy) is 1. The maximum atomic E-state index is 12.5. The molecule has 11 heteroatoms. The second-order valence-corrected chi connectivity index (χ2v) is 12.8. The second-order valence-electron chi connectivity index (χ2n) is 8.24. The number of benzene rings is 1. The number of rotatable bonds is 9. The van der Waals surface area contributed by atoms with Gasteiger partial charge in [-0.1, -0.05) is 23.2 Å². The Balaban J connectivity index is 2.29. The van der Waals surface area contributed by atoms with Gasteiger partial charge in [0.2, 0.25) is 10.0 Å². The Bertz CT molecular complexity index is 872. The summed E-state index contributed by atoms with van der Waals surface area (Å²) in [6, 6.07) is 3.05. The summed E-state index contributed by atoms with van der Waals surface area (Å²) >= 11 is 12.2. The molecule has 7 nitrogen and oxygen atoms in total. The van der Waals surface area contributed by atoms with Gasteiger partial charge in [0.15, 0.2) is 0 Å². The molecule has 172 valence electrons. The predicted octanol–water partition coefficient (Wildman–Crippen LogP) is 3.26. The summed E-state index contributed by atoms with van der Waals surface area (Å²) in [6.45, 7) is 4.53.